The summed E-state index contributed by atoms with van der Waals surface area (Å²) in [5.74, 6) is -3.39. The summed E-state index contributed by atoms with van der Waals surface area (Å²) in [7, 11) is 0. The third-order valence-corrected chi connectivity index (χ3v) is 5.38. The first-order valence-corrected chi connectivity index (χ1v) is 9.98. The van der Waals surface area contributed by atoms with Crippen molar-refractivity contribution in [1.29, 1.82) is 0 Å². The SMILES string of the molecule is O=C(COC(=O)C1CC(O)CN1C(=O)Cc1ccccc1F)NC(=O)c1cccs1. The van der Waals surface area contributed by atoms with Crippen LogP contribution < -0.4 is 5.32 Å². The molecule has 8 nitrogen and oxygen atoms in total. The average Bonchev–Trinajstić information content (AvgIpc) is 3.38. The summed E-state index contributed by atoms with van der Waals surface area (Å²) < 4.78 is 18.7. The summed E-state index contributed by atoms with van der Waals surface area (Å²) in [6.07, 6.45) is -1.28. The van der Waals surface area contributed by atoms with Crippen LogP contribution in [0.25, 0.3) is 0 Å². The smallest absolute Gasteiger partial charge is 0.329 e. The average molecular weight is 434 g/mol. The van der Waals surface area contributed by atoms with Gasteiger partial charge in [0.15, 0.2) is 6.61 Å². The molecule has 2 aromatic rings. The second-order valence-electron chi connectivity index (χ2n) is 6.68. The van der Waals surface area contributed by atoms with Gasteiger partial charge in [-0.15, -0.1) is 11.3 Å². The standard InChI is InChI=1S/C20H19FN2O6S/c21-14-5-2-1-4-12(14)8-18(26)23-10-13(24)9-15(23)20(28)29-11-17(25)22-19(27)16-6-3-7-30-16/h1-7,13,15,24H,8-11H2,(H,22,25,27). The fraction of sp³-hybridized carbons (Fsp3) is 0.300. The van der Waals surface area contributed by atoms with Crippen molar-refractivity contribution in [3.05, 3.63) is 58.0 Å². The van der Waals surface area contributed by atoms with E-state index in [-0.39, 0.29) is 24.9 Å². The Balaban J connectivity index is 1.55. The van der Waals surface area contributed by atoms with E-state index < -0.39 is 48.3 Å². The van der Waals surface area contributed by atoms with Gasteiger partial charge in [-0.1, -0.05) is 24.3 Å². The lowest BCUT2D eigenvalue weighted by Gasteiger charge is -2.23. The molecule has 0 bridgehead atoms. The quantitative estimate of drug-likeness (QED) is 0.653. The number of hydrogen-bond acceptors (Lipinski definition) is 7. The lowest BCUT2D eigenvalue weighted by molar-refractivity contribution is -0.155. The van der Waals surface area contributed by atoms with Gasteiger partial charge in [-0.3, -0.25) is 19.7 Å². The monoisotopic (exact) mass is 434 g/mol. The molecule has 3 amide bonds. The molecule has 1 aromatic heterocycles. The molecule has 2 heterocycles. The number of halogens is 1. The van der Waals surface area contributed by atoms with E-state index in [4.69, 9.17) is 4.74 Å². The maximum Gasteiger partial charge on any atom is 0.329 e. The van der Waals surface area contributed by atoms with Crippen LogP contribution in [0.1, 0.15) is 21.7 Å². The number of aliphatic hydroxyl groups excluding tert-OH is 1. The molecule has 30 heavy (non-hydrogen) atoms. The van der Waals surface area contributed by atoms with E-state index in [1.807, 2.05) is 0 Å². The first-order valence-electron chi connectivity index (χ1n) is 9.10. The molecule has 1 aliphatic heterocycles. The highest BCUT2D eigenvalue weighted by atomic mass is 32.1. The van der Waals surface area contributed by atoms with Gasteiger partial charge in [-0.2, -0.15) is 0 Å². The lowest BCUT2D eigenvalue weighted by atomic mass is 10.1. The number of benzene rings is 1. The first-order chi connectivity index (χ1) is 14.3. The number of β-amino-alcohol motifs (C(OH)–C–C–N with tert-alkyl or cyclic N) is 1. The Hall–Kier alpha value is -3.11. The van der Waals surface area contributed by atoms with Crippen molar-refractivity contribution in [2.24, 2.45) is 0 Å². The summed E-state index contributed by atoms with van der Waals surface area (Å²) in [6.45, 7) is -0.812. The van der Waals surface area contributed by atoms with Gasteiger partial charge in [0.05, 0.1) is 17.4 Å². The zero-order chi connectivity index (χ0) is 21.7. The molecule has 1 aromatic carbocycles. The maximum atomic E-state index is 13.8. The van der Waals surface area contributed by atoms with Crippen LogP contribution in [-0.2, 0) is 25.5 Å². The number of esters is 1. The number of carbonyl (C=O) groups excluding carboxylic acids is 4. The molecule has 1 saturated heterocycles. The Bertz CT molecular complexity index is 949. The lowest BCUT2D eigenvalue weighted by Crippen LogP contribution is -2.43. The van der Waals surface area contributed by atoms with Gasteiger partial charge in [-0.05, 0) is 23.1 Å². The summed E-state index contributed by atoms with van der Waals surface area (Å²) in [4.78, 5) is 50.1. The Labute approximate surface area is 175 Å². The van der Waals surface area contributed by atoms with E-state index >= 15 is 0 Å². The Morgan fingerprint density at radius 2 is 1.97 bits per heavy atom. The molecule has 1 fully saturated rings. The molecule has 2 unspecified atom stereocenters. The number of nitrogens with one attached hydrogen (secondary N) is 1. The molecular weight excluding hydrogens is 415 g/mol. The molecule has 1 aliphatic rings. The van der Waals surface area contributed by atoms with Crippen LogP contribution in [0.4, 0.5) is 4.39 Å². The minimum absolute atomic E-state index is 0.0579. The highest BCUT2D eigenvalue weighted by Gasteiger charge is 2.40. The zero-order valence-corrected chi connectivity index (χ0v) is 16.6. The minimum Gasteiger partial charge on any atom is -0.454 e. The Morgan fingerprint density at radius 3 is 2.67 bits per heavy atom. The normalized spacial score (nSPS) is 18.1. The number of aliphatic hydroxyl groups is 1. The topological polar surface area (TPSA) is 113 Å². The molecule has 0 spiro atoms. The molecule has 3 rings (SSSR count). The van der Waals surface area contributed by atoms with Crippen LogP contribution >= 0.6 is 11.3 Å². The van der Waals surface area contributed by atoms with Crippen LogP contribution in [0.5, 0.6) is 0 Å². The molecule has 2 atom stereocenters. The number of thiophene rings is 1. The molecule has 0 saturated carbocycles. The van der Waals surface area contributed by atoms with Crippen LogP contribution in [0.15, 0.2) is 41.8 Å². The molecule has 0 aliphatic carbocycles. The fourth-order valence-electron chi connectivity index (χ4n) is 3.08. The minimum atomic E-state index is -1.10. The number of ether oxygens (including phenoxy) is 1. The van der Waals surface area contributed by atoms with Gasteiger partial charge in [-0.25, -0.2) is 9.18 Å². The van der Waals surface area contributed by atoms with E-state index in [0.717, 1.165) is 16.2 Å². The van der Waals surface area contributed by atoms with Crippen molar-refractivity contribution in [2.45, 2.75) is 25.0 Å². The van der Waals surface area contributed by atoms with Gasteiger partial charge in [0.2, 0.25) is 5.91 Å². The second-order valence-corrected chi connectivity index (χ2v) is 7.63. The van der Waals surface area contributed by atoms with E-state index in [1.165, 1.54) is 24.3 Å². The number of carbonyl (C=O) groups is 4. The van der Waals surface area contributed by atoms with Crippen molar-refractivity contribution in [1.82, 2.24) is 10.2 Å². The third-order valence-electron chi connectivity index (χ3n) is 4.51. The van der Waals surface area contributed by atoms with Gasteiger partial charge >= 0.3 is 5.97 Å². The predicted octanol–water partition coefficient (Wildman–Crippen LogP) is 0.891. The van der Waals surface area contributed by atoms with E-state index in [2.05, 4.69) is 5.32 Å². The van der Waals surface area contributed by atoms with Crippen LogP contribution in [0.3, 0.4) is 0 Å². The first kappa shape index (κ1) is 21.6. The van der Waals surface area contributed by atoms with Crippen molar-refractivity contribution in [3.63, 3.8) is 0 Å². The summed E-state index contributed by atoms with van der Waals surface area (Å²) in [5, 5.41) is 13.7. The third kappa shape index (κ3) is 5.28. The van der Waals surface area contributed by atoms with Gasteiger partial charge in [0.25, 0.3) is 11.8 Å². The van der Waals surface area contributed by atoms with Crippen molar-refractivity contribution in [2.75, 3.05) is 13.2 Å². The van der Waals surface area contributed by atoms with Crippen LogP contribution in [0.2, 0.25) is 0 Å². The van der Waals surface area contributed by atoms with Gasteiger partial charge in [0, 0.05) is 13.0 Å². The van der Waals surface area contributed by atoms with Gasteiger partial charge < -0.3 is 14.7 Å². The molecule has 0 radical (unpaired) electrons. The summed E-state index contributed by atoms with van der Waals surface area (Å²) in [5.41, 5.74) is 0.169. The molecule has 158 valence electrons. The number of rotatable bonds is 6. The van der Waals surface area contributed by atoms with Crippen LogP contribution in [0, 0.1) is 5.82 Å². The van der Waals surface area contributed by atoms with Crippen molar-refractivity contribution >= 4 is 35.0 Å². The van der Waals surface area contributed by atoms with E-state index in [0.29, 0.717) is 4.88 Å². The van der Waals surface area contributed by atoms with Gasteiger partial charge in [0.1, 0.15) is 11.9 Å². The number of hydrogen-bond donors (Lipinski definition) is 2. The predicted molar refractivity (Wildman–Crippen MR) is 104 cm³/mol. The summed E-state index contributed by atoms with van der Waals surface area (Å²) >= 11 is 1.15. The van der Waals surface area contributed by atoms with Crippen molar-refractivity contribution < 1.29 is 33.4 Å². The Morgan fingerprint density at radius 1 is 1.20 bits per heavy atom. The zero-order valence-electron chi connectivity index (χ0n) is 15.7. The molecule has 2 N–H and O–H groups in total. The maximum absolute atomic E-state index is 13.8. The molecular formula is C20H19FN2O6S. The van der Waals surface area contributed by atoms with Crippen LogP contribution in [-0.4, -0.2) is 59.0 Å². The highest BCUT2D eigenvalue weighted by molar-refractivity contribution is 7.12. The summed E-state index contributed by atoms with van der Waals surface area (Å²) in [6, 6.07) is 7.87. The number of likely N-dealkylation sites (tertiary alicyclic amines) is 1. The van der Waals surface area contributed by atoms with E-state index in [1.54, 1.807) is 17.5 Å². The van der Waals surface area contributed by atoms with Crippen molar-refractivity contribution in [3.8, 4) is 0 Å². The number of nitrogens with zero attached hydrogens (tertiary/aromatic N) is 1. The number of imide groups is 1. The largest absolute Gasteiger partial charge is 0.454 e. The fourth-order valence-corrected chi connectivity index (χ4v) is 3.70. The molecule has 10 heteroatoms. The number of amides is 3. The van der Waals surface area contributed by atoms with E-state index in [9.17, 15) is 28.7 Å². The second kappa shape index (κ2) is 9.59. The Kier molecular flexibility index (Phi) is 6.91. The highest BCUT2D eigenvalue weighted by Crippen LogP contribution is 2.21.